The summed E-state index contributed by atoms with van der Waals surface area (Å²) in [5.74, 6) is -5.20. The largest absolute Gasteiger partial charge is 2.00 e. The SMILES string of the molecule is C=CC1=C(C)C2=CC3=NC(=C(CC(=O)[O-])C4=NC(=C(C)C4=C([O-])[O-])C=c4[n-]c(c(C)c4CC)=CC1=N2)C(CCC(=O)[O-])C3C.[Fe+2].[Na+].[Na+].[Na+]. The molecule has 0 aromatic carbocycles. The molecule has 2 atom stereocenters. The van der Waals surface area contributed by atoms with Crippen LogP contribution in [0.15, 0.2) is 84.6 Å². The second kappa shape index (κ2) is 18.1. The number of aliphatic carboxylic acids is 2. The first kappa shape index (κ1) is 44.6. The van der Waals surface area contributed by atoms with E-state index in [9.17, 15) is 30.0 Å². The zero-order chi connectivity index (χ0) is 32.0. The maximum Gasteiger partial charge on any atom is 2.00 e. The summed E-state index contributed by atoms with van der Waals surface area (Å²) in [6.07, 6.45) is 6.85. The van der Waals surface area contributed by atoms with Crippen molar-refractivity contribution in [2.24, 2.45) is 26.8 Å². The van der Waals surface area contributed by atoms with Crippen LogP contribution in [0.1, 0.15) is 58.1 Å². The molecule has 5 heterocycles. The van der Waals surface area contributed by atoms with E-state index in [0.717, 1.165) is 22.3 Å². The predicted molar refractivity (Wildman–Crippen MR) is 159 cm³/mol. The number of aromatic nitrogens is 1. The fourth-order valence-electron chi connectivity index (χ4n) is 6.34. The van der Waals surface area contributed by atoms with Crippen molar-refractivity contribution in [2.45, 2.75) is 60.3 Å². The van der Waals surface area contributed by atoms with Gasteiger partial charge in [0.25, 0.3) is 0 Å². The third kappa shape index (κ3) is 8.52. The molecule has 5 rings (SSSR count). The fraction of sp³-hybridized carbons (Fsp3) is 0.324. The van der Waals surface area contributed by atoms with Gasteiger partial charge in [-0.2, -0.15) is 5.95 Å². The molecular formula is C34H31FeN4Na3O6. The Kier molecular flexibility index (Phi) is 16.8. The molecule has 10 nitrogen and oxygen atoms in total. The summed E-state index contributed by atoms with van der Waals surface area (Å²) >= 11 is 0. The average molecular weight is 716 g/mol. The van der Waals surface area contributed by atoms with Gasteiger partial charge in [0, 0.05) is 47.1 Å². The Hall–Kier alpha value is -1.47. The number of carbonyl (C=O) groups is 2. The van der Waals surface area contributed by atoms with Gasteiger partial charge in [0.05, 0.1) is 28.5 Å². The molecule has 8 bridgehead atoms. The molecular weight excluding hydrogens is 685 g/mol. The van der Waals surface area contributed by atoms with Crippen molar-refractivity contribution in [3.05, 3.63) is 91.5 Å². The van der Waals surface area contributed by atoms with Crippen molar-refractivity contribution in [2.75, 3.05) is 0 Å². The fourth-order valence-corrected chi connectivity index (χ4v) is 6.34. The minimum atomic E-state index is -1.52. The molecule has 4 aliphatic rings. The summed E-state index contributed by atoms with van der Waals surface area (Å²) in [6.45, 7) is 13.3. The molecule has 0 spiro atoms. The van der Waals surface area contributed by atoms with Gasteiger partial charge in [-0.05, 0) is 62.8 Å². The van der Waals surface area contributed by atoms with Crippen LogP contribution in [0, 0.1) is 18.8 Å². The third-order valence-corrected chi connectivity index (χ3v) is 8.76. The van der Waals surface area contributed by atoms with E-state index in [1.54, 1.807) is 25.2 Å². The first-order chi connectivity index (χ1) is 20.9. The minimum Gasteiger partial charge on any atom is -0.883 e. The number of nitrogens with zero attached hydrogens (tertiary/aromatic N) is 4. The van der Waals surface area contributed by atoms with Crippen LogP contribution < -0.4 is 125 Å². The number of carboxylic acid groups (broad SMARTS) is 2. The number of carbonyl (C=O) groups excluding carboxylic acids is 2. The van der Waals surface area contributed by atoms with Crippen molar-refractivity contribution in [3.63, 3.8) is 0 Å². The van der Waals surface area contributed by atoms with E-state index in [2.05, 4.69) is 11.6 Å². The number of fused-ring (bicyclic) bond motifs is 5. The Labute approximate surface area is 356 Å². The molecule has 1 aromatic heterocycles. The molecule has 1 aromatic rings. The van der Waals surface area contributed by atoms with Gasteiger partial charge in [0.15, 0.2) is 0 Å². The van der Waals surface area contributed by atoms with Gasteiger partial charge in [0.1, 0.15) is 0 Å². The van der Waals surface area contributed by atoms with Crippen molar-refractivity contribution in [1.82, 2.24) is 4.98 Å². The van der Waals surface area contributed by atoms with Crippen molar-refractivity contribution >= 4 is 41.2 Å². The van der Waals surface area contributed by atoms with Crippen molar-refractivity contribution < 1.29 is 136 Å². The number of carboxylic acids is 2. The van der Waals surface area contributed by atoms with Crippen molar-refractivity contribution in [3.8, 4) is 0 Å². The summed E-state index contributed by atoms with van der Waals surface area (Å²) in [6, 6.07) is 0. The molecule has 234 valence electrons. The van der Waals surface area contributed by atoms with E-state index in [-0.39, 0.29) is 153 Å². The second-order valence-corrected chi connectivity index (χ2v) is 11.3. The van der Waals surface area contributed by atoms with Gasteiger partial charge in [-0.25, -0.2) is 9.98 Å². The van der Waals surface area contributed by atoms with Gasteiger partial charge in [-0.15, -0.1) is 10.7 Å². The topological polar surface area (TPSA) is 178 Å². The minimum absolute atomic E-state index is 0. The number of allylic oxidation sites excluding steroid dienone is 8. The third-order valence-electron chi connectivity index (χ3n) is 8.76. The van der Waals surface area contributed by atoms with Crippen LogP contribution in [-0.4, -0.2) is 29.1 Å². The quantitative estimate of drug-likeness (QED) is 0.199. The molecule has 2 unspecified atom stereocenters. The summed E-state index contributed by atoms with van der Waals surface area (Å²) in [5, 5.41) is 50.0. The van der Waals surface area contributed by atoms with Gasteiger partial charge in [-0.1, -0.05) is 49.8 Å². The van der Waals surface area contributed by atoms with Gasteiger partial charge in [0.2, 0.25) is 0 Å². The standard InChI is InChI=1S/C34H36N4O6.Fe.3Na/c1-7-19-15(3)23-12-25-17(5)21(9-10-29(39)40)32(37-25)22(11-30(41)42)33-31(34(43)44)18(6)26(38-33)14-28-20(8-2)16(4)24(36-28)13-27(19)35-23;;;;/h7,12-14,17,21H,1,8-11H2,2-6H3,(H5,35,36,37,38,39,40,41,42,43,44);;;;/q;+2;3*+1/p-5. The Bertz CT molecular complexity index is 1920. The Morgan fingerprint density at radius 3 is 2.17 bits per heavy atom. The molecule has 0 saturated heterocycles. The average Bonchev–Trinajstić information content (AvgIpc) is 3.63. The molecule has 48 heavy (non-hydrogen) atoms. The predicted octanol–water partition coefficient (Wildman–Crippen LogP) is -9.77. The maximum atomic E-state index is 12.5. The molecule has 4 aliphatic heterocycles. The van der Waals surface area contributed by atoms with Crippen LogP contribution in [0.25, 0.3) is 12.2 Å². The number of hydrogen-bond donors (Lipinski definition) is 0. The van der Waals surface area contributed by atoms with Gasteiger partial charge < -0.3 is 35.0 Å². The van der Waals surface area contributed by atoms with Crippen LogP contribution in [0.5, 0.6) is 0 Å². The molecule has 0 aliphatic carbocycles. The van der Waals surface area contributed by atoms with Crippen LogP contribution in [0.4, 0.5) is 0 Å². The summed E-state index contributed by atoms with van der Waals surface area (Å²) in [4.78, 5) is 42.8. The first-order valence-electron chi connectivity index (χ1n) is 14.5. The summed E-state index contributed by atoms with van der Waals surface area (Å²) < 4.78 is 0. The Morgan fingerprint density at radius 1 is 0.938 bits per heavy atom. The monoisotopic (exact) mass is 716 g/mol. The van der Waals surface area contributed by atoms with Crippen LogP contribution in [-0.2, 0) is 33.1 Å². The Balaban J connectivity index is 0.00000288. The van der Waals surface area contributed by atoms with E-state index in [1.165, 1.54) is 0 Å². The van der Waals surface area contributed by atoms with E-state index < -0.39 is 30.2 Å². The van der Waals surface area contributed by atoms with Crippen LogP contribution >= 0.6 is 0 Å². The normalized spacial score (nSPS) is 19.3. The summed E-state index contributed by atoms with van der Waals surface area (Å²) in [7, 11) is 0. The number of aliphatic imine (C=N–C) groups is 3. The smallest absolute Gasteiger partial charge is 0.883 e. The molecule has 14 heteroatoms. The molecule has 0 saturated carbocycles. The molecule has 0 amide bonds. The van der Waals surface area contributed by atoms with Crippen LogP contribution in [0.3, 0.4) is 0 Å². The zero-order valence-corrected chi connectivity index (χ0v) is 35.7. The summed E-state index contributed by atoms with van der Waals surface area (Å²) in [5.41, 5.74) is 5.92. The van der Waals surface area contributed by atoms with Crippen molar-refractivity contribution in [1.29, 1.82) is 0 Å². The number of hydrogen-bond acceptors (Lipinski definition) is 9. The molecule has 0 fully saturated rings. The molecule has 0 radical (unpaired) electrons. The Morgan fingerprint density at radius 2 is 1.60 bits per heavy atom. The second-order valence-electron chi connectivity index (χ2n) is 11.3. The van der Waals surface area contributed by atoms with E-state index in [0.29, 0.717) is 39.9 Å². The first-order valence-corrected chi connectivity index (χ1v) is 14.5. The van der Waals surface area contributed by atoms with E-state index in [1.807, 2.05) is 33.8 Å². The van der Waals surface area contributed by atoms with E-state index in [4.69, 9.17) is 15.0 Å². The maximum absolute atomic E-state index is 12.5. The van der Waals surface area contributed by atoms with E-state index >= 15 is 0 Å². The molecule has 0 N–H and O–H groups in total. The van der Waals surface area contributed by atoms with Gasteiger partial charge >= 0.3 is 106 Å². The van der Waals surface area contributed by atoms with Gasteiger partial charge in [-0.3, -0.25) is 4.99 Å². The zero-order valence-electron chi connectivity index (χ0n) is 28.6. The van der Waals surface area contributed by atoms with Crippen LogP contribution in [0.2, 0.25) is 0 Å². The number of rotatable bonds is 7.